The predicted molar refractivity (Wildman–Crippen MR) is 140 cm³/mol. The third-order valence-electron chi connectivity index (χ3n) is 5.97. The molecule has 2 N–H and O–H groups in total. The third kappa shape index (κ3) is 3.99. The first-order chi connectivity index (χ1) is 16.4. The van der Waals surface area contributed by atoms with Crippen LogP contribution in [0.25, 0.3) is 5.69 Å². The number of rotatable bonds is 5. The molecule has 4 aromatic rings. The fourth-order valence-electron chi connectivity index (χ4n) is 4.37. The summed E-state index contributed by atoms with van der Waals surface area (Å²) >= 11 is 9.42. The second-order valence-corrected chi connectivity index (χ2v) is 9.33. The molecule has 1 fully saturated rings. The van der Waals surface area contributed by atoms with Crippen LogP contribution in [-0.2, 0) is 0 Å². The van der Waals surface area contributed by atoms with Gasteiger partial charge in [-0.15, -0.1) is 0 Å². The Morgan fingerprint density at radius 3 is 2.65 bits per heavy atom. The molecule has 2 aromatic heterocycles. The van der Waals surface area contributed by atoms with Crippen LogP contribution in [0.1, 0.15) is 39.4 Å². The number of thiocarbonyl (C=S) groups is 1. The van der Waals surface area contributed by atoms with Crippen molar-refractivity contribution in [3.63, 3.8) is 0 Å². The van der Waals surface area contributed by atoms with E-state index in [1.807, 2.05) is 66.2 Å². The normalized spacial score (nSPS) is 17.6. The van der Waals surface area contributed by atoms with E-state index in [-0.39, 0.29) is 17.6 Å². The minimum absolute atomic E-state index is 0.200. The van der Waals surface area contributed by atoms with E-state index in [2.05, 4.69) is 37.2 Å². The maximum Gasteiger partial charge on any atom is 0.335 e. The van der Waals surface area contributed by atoms with Crippen molar-refractivity contribution in [2.24, 2.45) is 0 Å². The van der Waals surface area contributed by atoms with Gasteiger partial charge in [0, 0.05) is 33.9 Å². The summed E-state index contributed by atoms with van der Waals surface area (Å²) in [6, 6.07) is 22.5. The lowest BCUT2D eigenvalue weighted by Crippen LogP contribution is -2.30. The van der Waals surface area contributed by atoms with Crippen molar-refractivity contribution in [1.29, 1.82) is 0 Å². The molecule has 5 rings (SSSR count). The quantitative estimate of drug-likeness (QED) is 0.315. The minimum atomic E-state index is -0.961. The van der Waals surface area contributed by atoms with E-state index in [0.29, 0.717) is 5.11 Å². The smallest absolute Gasteiger partial charge is 0.335 e. The average molecular weight is 533 g/mol. The lowest BCUT2D eigenvalue weighted by atomic mass is 10.0. The number of carbonyl (C=O) groups is 1. The summed E-state index contributed by atoms with van der Waals surface area (Å²) in [5, 5.41) is 13.6. The molecule has 1 aliphatic rings. The number of carboxylic acid groups (broad SMARTS) is 1. The van der Waals surface area contributed by atoms with Crippen molar-refractivity contribution in [2.75, 3.05) is 4.90 Å². The Hall–Kier alpha value is -3.49. The van der Waals surface area contributed by atoms with Crippen LogP contribution in [0.4, 0.5) is 5.69 Å². The molecule has 0 amide bonds. The summed E-state index contributed by atoms with van der Waals surface area (Å²) in [5.41, 5.74) is 4.91. The summed E-state index contributed by atoms with van der Waals surface area (Å²) in [7, 11) is 0. The number of anilines is 1. The number of aryl methyl sites for hydroxylation is 1. The Bertz CT molecular complexity index is 1390. The number of halogens is 1. The number of aromatic carboxylic acids is 1. The Labute approximate surface area is 211 Å². The highest BCUT2D eigenvalue weighted by Crippen LogP contribution is 2.42. The van der Waals surface area contributed by atoms with E-state index in [1.54, 1.807) is 24.4 Å². The highest BCUT2D eigenvalue weighted by atomic mass is 79.9. The first kappa shape index (κ1) is 22.3. The van der Waals surface area contributed by atoms with Gasteiger partial charge in [-0.25, -0.2) is 4.79 Å². The molecule has 0 aliphatic carbocycles. The number of benzene rings is 2. The van der Waals surface area contributed by atoms with Gasteiger partial charge in [-0.05, 0) is 85.4 Å². The van der Waals surface area contributed by atoms with Crippen molar-refractivity contribution < 1.29 is 9.90 Å². The number of hydrogen-bond donors (Lipinski definition) is 2. The number of nitrogens with zero attached hydrogens (tertiary/aromatic N) is 3. The summed E-state index contributed by atoms with van der Waals surface area (Å²) in [4.78, 5) is 18.3. The largest absolute Gasteiger partial charge is 0.478 e. The Morgan fingerprint density at radius 2 is 1.91 bits per heavy atom. The molecule has 0 spiro atoms. The number of pyridine rings is 1. The molecule has 0 saturated carbocycles. The first-order valence-electron chi connectivity index (χ1n) is 10.7. The first-order valence-corrected chi connectivity index (χ1v) is 11.9. The number of aromatic nitrogens is 2. The monoisotopic (exact) mass is 532 g/mol. The van der Waals surface area contributed by atoms with E-state index < -0.39 is 5.97 Å². The lowest BCUT2D eigenvalue weighted by molar-refractivity contribution is 0.0697. The van der Waals surface area contributed by atoms with Crippen LogP contribution < -0.4 is 10.2 Å². The van der Waals surface area contributed by atoms with Crippen molar-refractivity contribution in [2.45, 2.75) is 19.0 Å². The van der Waals surface area contributed by atoms with Gasteiger partial charge in [-0.1, -0.05) is 28.1 Å². The van der Waals surface area contributed by atoms with E-state index >= 15 is 0 Å². The molecule has 3 heterocycles. The Balaban J connectivity index is 1.67. The molecule has 6 nitrogen and oxygen atoms in total. The number of nitrogens with one attached hydrogen (secondary N) is 1. The summed E-state index contributed by atoms with van der Waals surface area (Å²) in [6.07, 6.45) is 3.72. The minimum Gasteiger partial charge on any atom is -0.478 e. The van der Waals surface area contributed by atoms with E-state index in [4.69, 9.17) is 12.2 Å². The van der Waals surface area contributed by atoms with Crippen LogP contribution >= 0.6 is 28.1 Å². The standard InChI is InChI=1S/C26H21BrN4O2S/c1-16-14-19(10-11-20(16)27)31-24(23(29-26(31)34)21-8-2-3-12-28-21)22-9-5-13-30(22)18-7-4-6-17(15-18)25(32)33/h2-15,23-24H,1H3,(H,29,34)(H,32,33)/t23-,24-/m0/s1. The zero-order chi connectivity index (χ0) is 23.8. The van der Waals surface area contributed by atoms with Gasteiger partial charge in [-0.3, -0.25) is 4.98 Å². The predicted octanol–water partition coefficient (Wildman–Crippen LogP) is 5.82. The second kappa shape index (κ2) is 9.04. The van der Waals surface area contributed by atoms with Gasteiger partial charge in [0.2, 0.25) is 0 Å². The van der Waals surface area contributed by atoms with E-state index in [1.165, 1.54) is 0 Å². The molecule has 2 atom stereocenters. The Morgan fingerprint density at radius 1 is 1.06 bits per heavy atom. The van der Waals surface area contributed by atoms with Gasteiger partial charge in [0.1, 0.15) is 6.04 Å². The molecular formula is C26H21BrN4O2S. The van der Waals surface area contributed by atoms with Crippen LogP contribution in [0.15, 0.2) is 89.7 Å². The third-order valence-corrected chi connectivity index (χ3v) is 7.18. The van der Waals surface area contributed by atoms with Crippen LogP contribution in [0.2, 0.25) is 0 Å². The molecule has 0 radical (unpaired) electrons. The highest BCUT2D eigenvalue weighted by molar-refractivity contribution is 9.10. The highest BCUT2D eigenvalue weighted by Gasteiger charge is 2.42. The Kier molecular flexibility index (Phi) is 5.93. The van der Waals surface area contributed by atoms with Crippen molar-refractivity contribution in [1.82, 2.24) is 14.9 Å². The lowest BCUT2D eigenvalue weighted by Gasteiger charge is -2.29. The van der Waals surface area contributed by atoms with Gasteiger partial charge in [0.25, 0.3) is 0 Å². The second-order valence-electron chi connectivity index (χ2n) is 8.09. The number of carboxylic acids is 1. The van der Waals surface area contributed by atoms with Crippen molar-refractivity contribution in [3.8, 4) is 5.69 Å². The topological polar surface area (TPSA) is 70.4 Å². The van der Waals surface area contributed by atoms with Crippen molar-refractivity contribution in [3.05, 3.63) is 112 Å². The maximum absolute atomic E-state index is 11.6. The summed E-state index contributed by atoms with van der Waals surface area (Å²) in [6.45, 7) is 2.05. The molecule has 170 valence electrons. The van der Waals surface area contributed by atoms with Crippen molar-refractivity contribution >= 4 is 44.9 Å². The average Bonchev–Trinajstić information content (AvgIpc) is 3.46. The molecular weight excluding hydrogens is 512 g/mol. The van der Waals surface area contributed by atoms with Gasteiger partial charge in [0.15, 0.2) is 5.11 Å². The van der Waals surface area contributed by atoms with Crippen LogP contribution in [0.3, 0.4) is 0 Å². The molecule has 1 saturated heterocycles. The zero-order valence-corrected chi connectivity index (χ0v) is 20.6. The van der Waals surface area contributed by atoms with Crippen LogP contribution in [-0.4, -0.2) is 25.7 Å². The maximum atomic E-state index is 11.6. The number of hydrogen-bond acceptors (Lipinski definition) is 3. The fraction of sp³-hybridized carbons (Fsp3) is 0.115. The summed E-state index contributed by atoms with van der Waals surface area (Å²) in [5.74, 6) is -0.961. The molecule has 0 unspecified atom stereocenters. The fourth-order valence-corrected chi connectivity index (χ4v) is 4.96. The van der Waals surface area contributed by atoms with Gasteiger partial charge < -0.3 is 19.9 Å². The molecule has 1 aliphatic heterocycles. The van der Waals surface area contributed by atoms with Gasteiger partial charge in [-0.2, -0.15) is 0 Å². The summed E-state index contributed by atoms with van der Waals surface area (Å²) < 4.78 is 3.04. The molecule has 0 bridgehead atoms. The van der Waals surface area contributed by atoms with Crippen LogP contribution in [0, 0.1) is 6.92 Å². The molecule has 2 aromatic carbocycles. The van der Waals surface area contributed by atoms with Gasteiger partial charge >= 0.3 is 5.97 Å². The van der Waals surface area contributed by atoms with Crippen LogP contribution in [0.5, 0.6) is 0 Å². The van der Waals surface area contributed by atoms with E-state index in [9.17, 15) is 9.90 Å². The molecule has 34 heavy (non-hydrogen) atoms. The van der Waals surface area contributed by atoms with Gasteiger partial charge in [0.05, 0.1) is 17.3 Å². The zero-order valence-electron chi connectivity index (χ0n) is 18.2. The SMILES string of the molecule is Cc1cc(N2C(=S)N[C@@H](c3ccccn3)[C@@H]2c2cccn2-c2cccc(C(=O)O)c2)ccc1Br. The molecule has 8 heteroatoms. The van der Waals surface area contributed by atoms with E-state index in [0.717, 1.165) is 32.8 Å².